The Kier molecular flexibility index (Phi) is 3.17. The Hall–Kier alpha value is -0.680. The van der Waals surface area contributed by atoms with Gasteiger partial charge in [-0.1, -0.05) is 0 Å². The standard InChI is InChI=1S/C2H3NO3S/c4-2(3-5)1-7-6/h1,5H,(H,3,4). The van der Waals surface area contributed by atoms with Gasteiger partial charge in [0.2, 0.25) is 0 Å². The minimum absolute atomic E-state index is 0.0127. The molecule has 0 saturated heterocycles. The van der Waals surface area contributed by atoms with Crippen LogP contribution in [0.2, 0.25) is 0 Å². The Bertz CT molecular complexity index is 116. The van der Waals surface area contributed by atoms with Gasteiger partial charge in [-0.15, -0.1) is 0 Å². The third-order valence-electron chi connectivity index (χ3n) is 0.265. The van der Waals surface area contributed by atoms with Crippen molar-refractivity contribution in [1.29, 1.82) is 0 Å². The van der Waals surface area contributed by atoms with Gasteiger partial charge in [0.1, 0.15) is 0 Å². The Morgan fingerprint density at radius 3 is 2.57 bits per heavy atom. The van der Waals surface area contributed by atoms with Crippen molar-refractivity contribution in [3.05, 3.63) is 0 Å². The summed E-state index contributed by atoms with van der Waals surface area (Å²) >= 11 is -0.0127. The van der Waals surface area contributed by atoms with E-state index in [1.54, 1.807) is 0 Å². The van der Waals surface area contributed by atoms with E-state index >= 15 is 0 Å². The molecule has 0 rings (SSSR count). The van der Waals surface area contributed by atoms with Gasteiger partial charge >= 0.3 is 0 Å². The van der Waals surface area contributed by atoms with Crippen LogP contribution >= 0.6 is 0 Å². The van der Waals surface area contributed by atoms with Crippen molar-refractivity contribution in [2.75, 3.05) is 0 Å². The van der Waals surface area contributed by atoms with E-state index in [-0.39, 0.29) is 11.3 Å². The third-order valence-corrected chi connectivity index (χ3v) is 0.576. The Labute approximate surface area is 43.2 Å². The Balaban J connectivity index is 3.58. The number of hydroxylamine groups is 1. The molecule has 0 spiro atoms. The Morgan fingerprint density at radius 1 is 1.86 bits per heavy atom. The molecule has 40 valence electrons. The zero-order chi connectivity index (χ0) is 5.70. The summed E-state index contributed by atoms with van der Waals surface area (Å²) in [7, 11) is 0. The second kappa shape index (κ2) is 3.51. The monoisotopic (exact) mass is 121 g/mol. The molecule has 0 aliphatic heterocycles. The maximum atomic E-state index is 9.77. The molecule has 0 aromatic rings. The van der Waals surface area contributed by atoms with E-state index in [1.165, 1.54) is 5.48 Å². The van der Waals surface area contributed by atoms with Gasteiger partial charge < -0.3 is 0 Å². The number of nitrogens with one attached hydrogen (secondary N) is 1. The average molecular weight is 121 g/mol. The highest BCUT2D eigenvalue weighted by atomic mass is 32.1. The van der Waals surface area contributed by atoms with Gasteiger partial charge in [0.25, 0.3) is 5.91 Å². The van der Waals surface area contributed by atoms with E-state index in [0.717, 1.165) is 0 Å². The van der Waals surface area contributed by atoms with Crippen LogP contribution in [0, 0.1) is 0 Å². The highest BCUT2D eigenvalue weighted by Crippen LogP contribution is 1.45. The highest BCUT2D eigenvalue weighted by Gasteiger charge is 1.85. The van der Waals surface area contributed by atoms with E-state index in [4.69, 9.17) is 5.21 Å². The molecule has 0 fully saturated rings. The molecule has 0 heterocycles. The molecule has 0 aliphatic rings. The van der Waals surface area contributed by atoms with Crippen LogP contribution < -0.4 is 5.48 Å². The van der Waals surface area contributed by atoms with Crippen molar-refractivity contribution in [2.24, 2.45) is 0 Å². The van der Waals surface area contributed by atoms with Gasteiger partial charge in [-0.05, 0) is 0 Å². The molecule has 2 N–H and O–H groups in total. The Morgan fingerprint density at radius 2 is 2.43 bits per heavy atom. The molecular weight excluding hydrogens is 118 g/mol. The van der Waals surface area contributed by atoms with Gasteiger partial charge in [0.15, 0.2) is 0 Å². The molecule has 0 saturated carbocycles. The lowest BCUT2D eigenvalue weighted by Crippen LogP contribution is -2.18. The van der Waals surface area contributed by atoms with E-state index in [9.17, 15) is 9.00 Å². The quantitative estimate of drug-likeness (QED) is 0.252. The van der Waals surface area contributed by atoms with Gasteiger partial charge in [-0.25, -0.2) is 9.69 Å². The summed E-state index contributed by atoms with van der Waals surface area (Å²) in [6, 6.07) is 0. The molecule has 0 bridgehead atoms. The van der Waals surface area contributed by atoms with E-state index in [2.05, 4.69) is 0 Å². The van der Waals surface area contributed by atoms with Crippen molar-refractivity contribution in [2.45, 2.75) is 0 Å². The lowest BCUT2D eigenvalue weighted by atomic mass is 10.8. The van der Waals surface area contributed by atoms with Crippen LogP contribution in [0.25, 0.3) is 0 Å². The van der Waals surface area contributed by atoms with Crippen molar-refractivity contribution >= 4 is 22.5 Å². The first-order valence-corrected chi connectivity index (χ1v) is 2.17. The topological polar surface area (TPSA) is 66.4 Å². The predicted octanol–water partition coefficient (Wildman–Crippen LogP) is -1.49. The summed E-state index contributed by atoms with van der Waals surface area (Å²) in [5.74, 6) is -0.792. The van der Waals surface area contributed by atoms with Crippen LogP contribution in [0.5, 0.6) is 0 Å². The number of amides is 1. The molecule has 0 atom stereocenters. The smallest absolute Gasteiger partial charge is 0.280 e. The second-order valence-electron chi connectivity index (χ2n) is 0.690. The largest absolute Gasteiger partial charge is 0.288 e. The first kappa shape index (κ1) is 6.32. The average Bonchev–Trinajstić information content (AvgIpc) is 1.68. The minimum Gasteiger partial charge on any atom is -0.288 e. The molecule has 1 amide bonds. The molecular formula is C2H3NO3S. The molecule has 7 heavy (non-hydrogen) atoms. The molecule has 0 radical (unpaired) electrons. The summed E-state index contributed by atoms with van der Waals surface area (Å²) in [5, 5.41) is 8.39. The molecule has 0 aliphatic carbocycles. The fourth-order valence-corrected chi connectivity index (χ4v) is 0.210. The molecule has 0 aromatic heterocycles. The van der Waals surface area contributed by atoms with Gasteiger partial charge in [0, 0.05) is 0 Å². The number of hydrogen-bond donors (Lipinski definition) is 2. The van der Waals surface area contributed by atoms with Gasteiger partial charge in [-0.3, -0.25) is 10.0 Å². The summed E-state index contributed by atoms with van der Waals surface area (Å²) < 4.78 is 9.39. The number of carbonyl (C=O) groups excluding carboxylic acids is 1. The summed E-state index contributed by atoms with van der Waals surface area (Å²) in [5.41, 5.74) is 1.25. The van der Waals surface area contributed by atoms with Crippen molar-refractivity contribution in [3.8, 4) is 0 Å². The number of carbonyl (C=O) groups is 1. The minimum atomic E-state index is -0.792. The van der Waals surface area contributed by atoms with Crippen molar-refractivity contribution in [1.82, 2.24) is 5.48 Å². The summed E-state index contributed by atoms with van der Waals surface area (Å²) in [6.45, 7) is 0. The number of rotatable bonds is 1. The fraction of sp³-hybridized carbons (Fsp3) is 0. The first-order valence-electron chi connectivity index (χ1n) is 1.37. The number of hydrogen-bond acceptors (Lipinski definition) is 3. The maximum Gasteiger partial charge on any atom is 0.280 e. The normalized spacial score (nSPS) is 7.00. The van der Waals surface area contributed by atoms with Crippen LogP contribution in [0.4, 0.5) is 0 Å². The summed E-state index contributed by atoms with van der Waals surface area (Å²) in [4.78, 5) is 9.77. The lowest BCUT2D eigenvalue weighted by Gasteiger charge is -1.79. The molecule has 0 aromatic carbocycles. The second-order valence-corrected chi connectivity index (χ2v) is 1.12. The zero-order valence-electron chi connectivity index (χ0n) is 3.25. The van der Waals surface area contributed by atoms with Crippen LogP contribution in [-0.2, 0) is 16.1 Å². The predicted molar refractivity (Wildman–Crippen MR) is 24.1 cm³/mol. The molecule has 5 heteroatoms. The van der Waals surface area contributed by atoms with Gasteiger partial charge in [0.05, 0.1) is 16.6 Å². The lowest BCUT2D eigenvalue weighted by molar-refractivity contribution is -0.121. The van der Waals surface area contributed by atoms with Crippen LogP contribution in [0.3, 0.4) is 0 Å². The summed E-state index contributed by atoms with van der Waals surface area (Å²) in [6.07, 6.45) is 0. The van der Waals surface area contributed by atoms with Crippen molar-refractivity contribution in [3.63, 3.8) is 0 Å². The van der Waals surface area contributed by atoms with Crippen LogP contribution in [0.1, 0.15) is 0 Å². The van der Waals surface area contributed by atoms with E-state index in [0.29, 0.717) is 5.37 Å². The van der Waals surface area contributed by atoms with Crippen molar-refractivity contribution < 1.29 is 14.2 Å². The first-order chi connectivity index (χ1) is 3.31. The third kappa shape index (κ3) is 3.14. The fourth-order valence-electron chi connectivity index (χ4n) is 0.0701. The highest BCUT2D eigenvalue weighted by molar-refractivity contribution is 7.66. The molecule has 0 unspecified atom stereocenters. The van der Waals surface area contributed by atoms with E-state index in [1.807, 2.05) is 0 Å². The zero-order valence-corrected chi connectivity index (χ0v) is 4.07. The van der Waals surface area contributed by atoms with E-state index < -0.39 is 5.91 Å². The SMILES string of the molecule is O=S=CC(=O)NO. The van der Waals surface area contributed by atoms with Crippen LogP contribution in [-0.4, -0.2) is 20.7 Å². The maximum absolute atomic E-state index is 9.77. The van der Waals surface area contributed by atoms with Gasteiger partial charge in [-0.2, -0.15) is 0 Å². The molecule has 4 nitrogen and oxygen atoms in total. The van der Waals surface area contributed by atoms with Crippen LogP contribution in [0.15, 0.2) is 0 Å².